The monoisotopic (exact) mass is 444 g/mol. The lowest BCUT2D eigenvalue weighted by Gasteiger charge is -2.15. The normalized spacial score (nSPS) is 15.1. The van der Waals surface area contributed by atoms with E-state index in [2.05, 4.69) is 22.4 Å². The van der Waals surface area contributed by atoms with Crippen LogP contribution in [-0.2, 0) is 11.2 Å². The fraction of sp³-hybridized carbons (Fsp3) is 0.240. The van der Waals surface area contributed by atoms with Gasteiger partial charge in [0.05, 0.1) is 23.0 Å². The molecule has 2 aromatic heterocycles. The number of rotatable bonds is 5. The van der Waals surface area contributed by atoms with Crippen LogP contribution < -0.4 is 10.9 Å². The Morgan fingerprint density at radius 1 is 1.19 bits per heavy atom. The third-order valence-corrected chi connectivity index (χ3v) is 6.79. The van der Waals surface area contributed by atoms with Crippen LogP contribution in [0.3, 0.4) is 0 Å². The molecule has 4 aromatic rings. The van der Waals surface area contributed by atoms with Crippen molar-refractivity contribution < 1.29 is 4.79 Å². The molecule has 6 nitrogen and oxygen atoms in total. The number of nitrogens with zero attached hydrogens (tertiary/aromatic N) is 2. The van der Waals surface area contributed by atoms with Gasteiger partial charge in [-0.1, -0.05) is 53.7 Å². The maximum atomic E-state index is 13.3. The number of hydrogen-bond acceptors (Lipinski definition) is 4. The van der Waals surface area contributed by atoms with Crippen molar-refractivity contribution in [2.24, 2.45) is 0 Å². The van der Waals surface area contributed by atoms with Gasteiger partial charge in [-0.05, 0) is 56.0 Å². The molecule has 0 saturated heterocycles. The van der Waals surface area contributed by atoms with Crippen LogP contribution in [0.2, 0.25) is 0 Å². The summed E-state index contributed by atoms with van der Waals surface area (Å²) in [5.74, 6) is 0.123. The average molecular weight is 445 g/mol. The van der Waals surface area contributed by atoms with Gasteiger partial charge in [0.15, 0.2) is 5.16 Å². The third kappa shape index (κ3) is 3.84. The predicted molar refractivity (Wildman–Crippen MR) is 128 cm³/mol. The summed E-state index contributed by atoms with van der Waals surface area (Å²) in [5, 5.41) is 3.65. The Hall–Kier alpha value is -3.32. The molecule has 0 saturated carbocycles. The van der Waals surface area contributed by atoms with Crippen molar-refractivity contribution >= 4 is 28.7 Å². The molecule has 2 heterocycles. The summed E-state index contributed by atoms with van der Waals surface area (Å²) >= 11 is 1.28. The van der Waals surface area contributed by atoms with Gasteiger partial charge in [-0.3, -0.25) is 14.2 Å². The van der Waals surface area contributed by atoms with E-state index >= 15 is 0 Å². The van der Waals surface area contributed by atoms with E-state index in [0.29, 0.717) is 16.2 Å². The summed E-state index contributed by atoms with van der Waals surface area (Å²) in [6.07, 6.45) is 1.89. The quantitative estimate of drug-likeness (QED) is 0.357. The first-order valence-electron chi connectivity index (χ1n) is 10.7. The van der Waals surface area contributed by atoms with Crippen molar-refractivity contribution in [3.8, 4) is 5.69 Å². The number of nitrogens with one attached hydrogen (secondary N) is 2. The fourth-order valence-corrected chi connectivity index (χ4v) is 5.09. The largest absolute Gasteiger partial charge is 0.353 e. The first kappa shape index (κ1) is 20.6. The van der Waals surface area contributed by atoms with E-state index in [1.807, 2.05) is 56.3 Å². The Kier molecular flexibility index (Phi) is 5.35. The second-order valence-electron chi connectivity index (χ2n) is 8.23. The predicted octanol–water partition coefficient (Wildman–Crippen LogP) is 4.23. The van der Waals surface area contributed by atoms with E-state index < -0.39 is 0 Å². The standard InChI is InChI=1S/C25H24N4O2S/c1-15-7-10-18(11-8-15)29-24(31)23-21(13-16(2)26-23)28-25(29)32-14-22(30)27-20-12-9-17-5-3-4-6-19(17)20/h3-8,10-11,13,20,26H,9,12,14H2,1-2H3,(H,27,30). The smallest absolute Gasteiger partial charge is 0.283 e. The van der Waals surface area contributed by atoms with Gasteiger partial charge in [-0.2, -0.15) is 0 Å². The summed E-state index contributed by atoms with van der Waals surface area (Å²) in [6.45, 7) is 3.90. The second-order valence-corrected chi connectivity index (χ2v) is 9.17. The van der Waals surface area contributed by atoms with E-state index in [9.17, 15) is 9.59 Å². The number of carbonyl (C=O) groups is 1. The Morgan fingerprint density at radius 2 is 1.97 bits per heavy atom. The van der Waals surface area contributed by atoms with Gasteiger partial charge >= 0.3 is 0 Å². The number of carbonyl (C=O) groups excluding carboxylic acids is 1. The maximum absolute atomic E-state index is 13.3. The second kappa shape index (κ2) is 8.31. The zero-order chi connectivity index (χ0) is 22.2. The van der Waals surface area contributed by atoms with E-state index in [1.165, 1.54) is 22.9 Å². The molecule has 32 heavy (non-hydrogen) atoms. The van der Waals surface area contributed by atoms with Crippen LogP contribution in [-0.4, -0.2) is 26.2 Å². The minimum Gasteiger partial charge on any atom is -0.353 e. The molecule has 0 aliphatic heterocycles. The van der Waals surface area contributed by atoms with Crippen LogP contribution in [0.5, 0.6) is 0 Å². The van der Waals surface area contributed by atoms with Crippen molar-refractivity contribution in [1.29, 1.82) is 0 Å². The molecule has 1 unspecified atom stereocenters. The Morgan fingerprint density at radius 3 is 2.78 bits per heavy atom. The number of amides is 1. The molecule has 7 heteroatoms. The van der Waals surface area contributed by atoms with Crippen molar-refractivity contribution in [2.75, 3.05) is 5.75 Å². The number of benzene rings is 2. The number of fused-ring (bicyclic) bond motifs is 2. The molecule has 162 valence electrons. The van der Waals surface area contributed by atoms with Crippen molar-refractivity contribution in [3.63, 3.8) is 0 Å². The lowest BCUT2D eigenvalue weighted by molar-refractivity contribution is -0.119. The molecular weight excluding hydrogens is 420 g/mol. The molecule has 2 aromatic carbocycles. The molecule has 1 amide bonds. The first-order chi connectivity index (χ1) is 15.5. The van der Waals surface area contributed by atoms with Gasteiger partial charge in [0.2, 0.25) is 5.91 Å². The average Bonchev–Trinajstić information content (AvgIpc) is 3.36. The zero-order valence-corrected chi connectivity index (χ0v) is 18.8. The van der Waals surface area contributed by atoms with Crippen molar-refractivity contribution in [1.82, 2.24) is 19.9 Å². The van der Waals surface area contributed by atoms with Crippen LogP contribution in [0.4, 0.5) is 0 Å². The summed E-state index contributed by atoms with van der Waals surface area (Å²) in [5.41, 5.74) is 6.13. The zero-order valence-electron chi connectivity index (χ0n) is 18.0. The van der Waals surface area contributed by atoms with Crippen LogP contribution in [0.25, 0.3) is 16.7 Å². The molecule has 2 N–H and O–H groups in total. The van der Waals surface area contributed by atoms with Gasteiger partial charge in [0, 0.05) is 5.69 Å². The molecule has 0 bridgehead atoms. The SMILES string of the molecule is Cc1ccc(-n2c(SCC(=O)NC3CCc4ccccc43)nc3cc(C)[nH]c3c2=O)cc1. The molecule has 0 spiro atoms. The number of thioether (sulfide) groups is 1. The highest BCUT2D eigenvalue weighted by atomic mass is 32.2. The van der Waals surface area contributed by atoms with Crippen LogP contribution in [0.15, 0.2) is 64.5 Å². The van der Waals surface area contributed by atoms with Gasteiger partial charge < -0.3 is 10.3 Å². The van der Waals surface area contributed by atoms with E-state index in [0.717, 1.165) is 29.8 Å². The Bertz CT molecular complexity index is 1370. The highest BCUT2D eigenvalue weighted by molar-refractivity contribution is 7.99. The minimum absolute atomic E-state index is 0.0429. The molecule has 5 rings (SSSR count). The molecular formula is C25H24N4O2S. The van der Waals surface area contributed by atoms with E-state index in [4.69, 9.17) is 4.98 Å². The summed E-state index contributed by atoms with van der Waals surface area (Å²) in [7, 11) is 0. The number of aromatic amines is 1. The summed E-state index contributed by atoms with van der Waals surface area (Å²) in [6, 6.07) is 17.9. The Labute approximate surface area is 190 Å². The highest BCUT2D eigenvalue weighted by Crippen LogP contribution is 2.31. The van der Waals surface area contributed by atoms with Crippen LogP contribution in [0, 0.1) is 13.8 Å². The van der Waals surface area contributed by atoms with Gasteiger partial charge in [0.1, 0.15) is 5.52 Å². The number of aryl methyl sites for hydroxylation is 3. The summed E-state index contributed by atoms with van der Waals surface area (Å²) in [4.78, 5) is 33.9. The molecule has 1 atom stereocenters. The summed E-state index contributed by atoms with van der Waals surface area (Å²) < 4.78 is 1.58. The van der Waals surface area contributed by atoms with Crippen molar-refractivity contribution in [3.05, 3.63) is 87.3 Å². The number of H-pyrrole nitrogens is 1. The molecule has 0 radical (unpaired) electrons. The number of aromatic nitrogens is 3. The highest BCUT2D eigenvalue weighted by Gasteiger charge is 2.24. The molecule has 0 fully saturated rings. The van der Waals surface area contributed by atoms with Crippen molar-refractivity contribution in [2.45, 2.75) is 37.9 Å². The minimum atomic E-state index is -0.167. The topological polar surface area (TPSA) is 79.8 Å². The number of hydrogen-bond donors (Lipinski definition) is 2. The Balaban J connectivity index is 1.42. The van der Waals surface area contributed by atoms with Gasteiger partial charge in [-0.15, -0.1) is 0 Å². The first-order valence-corrected chi connectivity index (χ1v) is 11.7. The third-order valence-electron chi connectivity index (χ3n) is 5.85. The maximum Gasteiger partial charge on any atom is 0.283 e. The molecule has 1 aliphatic carbocycles. The van der Waals surface area contributed by atoms with Gasteiger partial charge in [-0.25, -0.2) is 4.98 Å². The van der Waals surface area contributed by atoms with E-state index in [-0.39, 0.29) is 23.3 Å². The lowest BCUT2D eigenvalue weighted by Crippen LogP contribution is -2.29. The lowest BCUT2D eigenvalue weighted by atomic mass is 10.1. The van der Waals surface area contributed by atoms with Crippen LogP contribution >= 0.6 is 11.8 Å². The fourth-order valence-electron chi connectivity index (χ4n) is 4.27. The van der Waals surface area contributed by atoms with E-state index in [1.54, 1.807) is 4.57 Å². The van der Waals surface area contributed by atoms with Gasteiger partial charge in [0.25, 0.3) is 5.56 Å². The van der Waals surface area contributed by atoms with Crippen LogP contribution in [0.1, 0.15) is 34.8 Å². The molecule has 1 aliphatic rings.